The standard InChI is InChI=1S/C18H26N2O3S/c1-14-11-15(2)13-20(12-14)24(22,23)17-7-5-16(6-8-17)18(21)19-9-3-4-10-19/h5-8,14-15H,3-4,9-13H2,1-2H3/t14-,15+. The summed E-state index contributed by atoms with van der Waals surface area (Å²) < 4.78 is 27.3. The van der Waals surface area contributed by atoms with Crippen LogP contribution in [-0.2, 0) is 10.0 Å². The fourth-order valence-corrected chi connectivity index (χ4v) is 5.50. The number of hydrogen-bond donors (Lipinski definition) is 0. The molecule has 0 saturated carbocycles. The predicted octanol–water partition coefficient (Wildman–Crippen LogP) is 2.59. The number of rotatable bonds is 3. The van der Waals surface area contributed by atoms with E-state index in [1.165, 1.54) is 0 Å². The molecule has 2 atom stereocenters. The van der Waals surface area contributed by atoms with Crippen LogP contribution in [0.25, 0.3) is 0 Å². The Labute approximate surface area is 144 Å². The maximum Gasteiger partial charge on any atom is 0.253 e. The average molecular weight is 350 g/mol. The van der Waals surface area contributed by atoms with Crippen LogP contribution in [0, 0.1) is 11.8 Å². The van der Waals surface area contributed by atoms with E-state index in [2.05, 4.69) is 13.8 Å². The number of likely N-dealkylation sites (tertiary alicyclic amines) is 1. The zero-order valence-corrected chi connectivity index (χ0v) is 15.3. The highest BCUT2D eigenvalue weighted by Crippen LogP contribution is 2.27. The summed E-state index contributed by atoms with van der Waals surface area (Å²) in [6.45, 7) is 6.92. The molecule has 1 aromatic carbocycles. The minimum Gasteiger partial charge on any atom is -0.339 e. The monoisotopic (exact) mass is 350 g/mol. The van der Waals surface area contributed by atoms with Crippen LogP contribution >= 0.6 is 0 Å². The van der Waals surface area contributed by atoms with E-state index in [1.54, 1.807) is 28.6 Å². The van der Waals surface area contributed by atoms with Crippen molar-refractivity contribution in [2.75, 3.05) is 26.2 Å². The Hall–Kier alpha value is -1.40. The van der Waals surface area contributed by atoms with E-state index < -0.39 is 10.0 Å². The molecule has 2 fully saturated rings. The minimum absolute atomic E-state index is 0.00309. The van der Waals surface area contributed by atoms with Crippen molar-refractivity contribution >= 4 is 15.9 Å². The lowest BCUT2D eigenvalue weighted by molar-refractivity contribution is 0.0792. The van der Waals surface area contributed by atoms with E-state index in [9.17, 15) is 13.2 Å². The molecule has 132 valence electrons. The predicted molar refractivity (Wildman–Crippen MR) is 93.3 cm³/mol. The number of benzene rings is 1. The molecule has 0 aromatic heterocycles. The Bertz CT molecular complexity index is 683. The smallest absolute Gasteiger partial charge is 0.253 e. The van der Waals surface area contributed by atoms with Gasteiger partial charge in [0.05, 0.1) is 4.90 Å². The van der Waals surface area contributed by atoms with Crippen LogP contribution in [0.4, 0.5) is 0 Å². The summed E-state index contributed by atoms with van der Waals surface area (Å²) in [4.78, 5) is 14.5. The van der Waals surface area contributed by atoms with Crippen LogP contribution in [0.15, 0.2) is 29.2 Å². The molecule has 0 N–H and O–H groups in total. The molecule has 0 spiro atoms. The molecular weight excluding hydrogens is 324 g/mol. The first-order valence-corrected chi connectivity index (χ1v) is 10.2. The van der Waals surface area contributed by atoms with Crippen molar-refractivity contribution in [1.29, 1.82) is 0 Å². The molecule has 1 aromatic rings. The van der Waals surface area contributed by atoms with Crippen LogP contribution in [-0.4, -0.2) is 49.7 Å². The van der Waals surface area contributed by atoms with E-state index in [0.717, 1.165) is 32.4 Å². The fourth-order valence-electron chi connectivity index (χ4n) is 3.82. The average Bonchev–Trinajstić information content (AvgIpc) is 3.08. The van der Waals surface area contributed by atoms with Gasteiger partial charge in [-0.2, -0.15) is 4.31 Å². The van der Waals surface area contributed by atoms with E-state index in [1.807, 2.05) is 4.90 Å². The van der Waals surface area contributed by atoms with Crippen molar-refractivity contribution < 1.29 is 13.2 Å². The molecule has 0 aliphatic carbocycles. The molecule has 3 rings (SSSR count). The lowest BCUT2D eigenvalue weighted by atomic mass is 9.94. The van der Waals surface area contributed by atoms with Gasteiger partial charge in [-0.1, -0.05) is 13.8 Å². The van der Waals surface area contributed by atoms with E-state index in [-0.39, 0.29) is 10.8 Å². The number of carbonyl (C=O) groups excluding carboxylic acids is 1. The zero-order chi connectivity index (χ0) is 17.3. The maximum absolute atomic E-state index is 12.8. The lowest BCUT2D eigenvalue weighted by Crippen LogP contribution is -2.42. The van der Waals surface area contributed by atoms with Crippen LogP contribution in [0.1, 0.15) is 43.5 Å². The second-order valence-corrected chi connectivity index (χ2v) is 9.23. The first kappa shape index (κ1) is 17.4. The zero-order valence-electron chi connectivity index (χ0n) is 14.4. The highest BCUT2D eigenvalue weighted by atomic mass is 32.2. The van der Waals surface area contributed by atoms with Crippen molar-refractivity contribution in [1.82, 2.24) is 9.21 Å². The Morgan fingerprint density at radius 1 is 1.00 bits per heavy atom. The quantitative estimate of drug-likeness (QED) is 0.842. The van der Waals surface area contributed by atoms with Crippen LogP contribution in [0.2, 0.25) is 0 Å². The van der Waals surface area contributed by atoms with Gasteiger partial charge in [0.15, 0.2) is 0 Å². The molecule has 5 nitrogen and oxygen atoms in total. The number of sulfonamides is 1. The third-order valence-electron chi connectivity index (χ3n) is 4.97. The van der Waals surface area contributed by atoms with Gasteiger partial charge in [-0.3, -0.25) is 4.79 Å². The summed E-state index contributed by atoms with van der Waals surface area (Å²) in [6, 6.07) is 6.43. The molecule has 2 heterocycles. The molecule has 6 heteroatoms. The SMILES string of the molecule is C[C@@H]1C[C@H](C)CN(S(=O)(=O)c2ccc(C(=O)N3CCCC3)cc2)C1. The lowest BCUT2D eigenvalue weighted by Gasteiger charge is -2.34. The number of hydrogen-bond acceptors (Lipinski definition) is 3. The summed E-state index contributed by atoms with van der Waals surface area (Å²) >= 11 is 0. The molecule has 2 aliphatic heterocycles. The summed E-state index contributed by atoms with van der Waals surface area (Å²) in [7, 11) is -3.48. The minimum atomic E-state index is -3.48. The third kappa shape index (κ3) is 3.49. The molecule has 0 unspecified atom stereocenters. The van der Waals surface area contributed by atoms with Crippen molar-refractivity contribution in [3.05, 3.63) is 29.8 Å². The van der Waals surface area contributed by atoms with Crippen LogP contribution in [0.3, 0.4) is 0 Å². The van der Waals surface area contributed by atoms with E-state index in [4.69, 9.17) is 0 Å². The van der Waals surface area contributed by atoms with Gasteiger partial charge in [-0.05, 0) is 55.4 Å². The van der Waals surface area contributed by atoms with Gasteiger partial charge in [0.1, 0.15) is 0 Å². The van der Waals surface area contributed by atoms with Crippen molar-refractivity contribution in [3.8, 4) is 0 Å². The largest absolute Gasteiger partial charge is 0.339 e. The first-order chi connectivity index (χ1) is 11.4. The van der Waals surface area contributed by atoms with Gasteiger partial charge in [0.25, 0.3) is 5.91 Å². The molecule has 1 amide bonds. The second-order valence-electron chi connectivity index (χ2n) is 7.29. The number of nitrogens with zero attached hydrogens (tertiary/aromatic N) is 2. The normalized spacial score (nSPS) is 25.8. The third-order valence-corrected chi connectivity index (χ3v) is 6.81. The molecular formula is C18H26N2O3S. The summed E-state index contributed by atoms with van der Waals surface area (Å²) in [5.74, 6) is 0.746. The fraction of sp³-hybridized carbons (Fsp3) is 0.611. The second kappa shape index (κ2) is 6.84. The van der Waals surface area contributed by atoms with Gasteiger partial charge >= 0.3 is 0 Å². The van der Waals surface area contributed by atoms with Gasteiger partial charge in [-0.25, -0.2) is 8.42 Å². The number of amides is 1. The Morgan fingerprint density at radius 3 is 2.08 bits per heavy atom. The topological polar surface area (TPSA) is 57.7 Å². The van der Waals surface area contributed by atoms with E-state index in [0.29, 0.717) is 30.5 Å². The van der Waals surface area contributed by atoms with E-state index >= 15 is 0 Å². The highest BCUT2D eigenvalue weighted by molar-refractivity contribution is 7.89. The first-order valence-electron chi connectivity index (χ1n) is 8.77. The highest BCUT2D eigenvalue weighted by Gasteiger charge is 2.31. The van der Waals surface area contributed by atoms with Gasteiger partial charge in [0.2, 0.25) is 10.0 Å². The molecule has 2 aliphatic rings. The summed E-state index contributed by atoms with van der Waals surface area (Å²) in [5.41, 5.74) is 0.566. The Kier molecular flexibility index (Phi) is 4.97. The molecule has 2 saturated heterocycles. The van der Waals surface area contributed by atoms with Crippen molar-refractivity contribution in [3.63, 3.8) is 0 Å². The molecule has 24 heavy (non-hydrogen) atoms. The van der Waals surface area contributed by atoms with Crippen molar-refractivity contribution in [2.24, 2.45) is 11.8 Å². The number of piperidine rings is 1. The van der Waals surface area contributed by atoms with Crippen molar-refractivity contribution in [2.45, 2.75) is 38.0 Å². The Morgan fingerprint density at radius 2 is 1.54 bits per heavy atom. The van der Waals surface area contributed by atoms with Gasteiger partial charge < -0.3 is 4.90 Å². The molecule has 0 bridgehead atoms. The summed E-state index contributed by atoms with van der Waals surface area (Å²) in [6.07, 6.45) is 3.16. The Balaban J connectivity index is 1.78. The van der Waals surface area contributed by atoms with Crippen LogP contribution in [0.5, 0.6) is 0 Å². The molecule has 0 radical (unpaired) electrons. The maximum atomic E-state index is 12.8. The van der Waals surface area contributed by atoms with Gasteiger partial charge in [-0.15, -0.1) is 0 Å². The number of carbonyl (C=O) groups is 1. The summed E-state index contributed by atoms with van der Waals surface area (Å²) in [5, 5.41) is 0. The van der Waals surface area contributed by atoms with Crippen LogP contribution < -0.4 is 0 Å². The van der Waals surface area contributed by atoms with Gasteiger partial charge in [0, 0.05) is 31.7 Å².